The van der Waals surface area contributed by atoms with Crippen molar-refractivity contribution < 1.29 is 19.4 Å². The molecule has 2 N–H and O–H groups in total. The van der Waals surface area contributed by atoms with Gasteiger partial charge in [0.05, 0.1) is 24.4 Å². The Morgan fingerprint density at radius 2 is 2.00 bits per heavy atom. The van der Waals surface area contributed by atoms with Crippen LogP contribution in [0.5, 0.6) is 11.5 Å². The van der Waals surface area contributed by atoms with Crippen molar-refractivity contribution in [1.82, 2.24) is 10.2 Å². The SMILES string of the molecule is COc1ccc2c(c1)C1CCN(CC3CC3)C3(C2)C2CC[C@@](CNC(=O)c4ccc(O)cc4)(O2)C13. The van der Waals surface area contributed by atoms with Gasteiger partial charge in [-0.05, 0) is 104 Å². The molecule has 6 heteroatoms. The normalized spacial score (nSPS) is 34.8. The summed E-state index contributed by atoms with van der Waals surface area (Å²) in [5, 5.41) is 12.8. The second kappa shape index (κ2) is 7.71. The fraction of sp³-hybridized carbons (Fsp3) is 0.552. The highest BCUT2D eigenvalue weighted by molar-refractivity contribution is 5.94. The van der Waals surface area contributed by atoms with E-state index >= 15 is 0 Å². The van der Waals surface area contributed by atoms with Crippen LogP contribution in [0.1, 0.15) is 59.5 Å². The van der Waals surface area contributed by atoms with E-state index in [4.69, 9.17) is 9.47 Å². The third-order valence-corrected chi connectivity index (χ3v) is 9.65. The topological polar surface area (TPSA) is 71.0 Å². The Labute approximate surface area is 206 Å². The minimum absolute atomic E-state index is 0.0224. The zero-order valence-electron chi connectivity index (χ0n) is 20.3. The van der Waals surface area contributed by atoms with E-state index in [2.05, 4.69) is 28.4 Å². The summed E-state index contributed by atoms with van der Waals surface area (Å²) >= 11 is 0. The van der Waals surface area contributed by atoms with Gasteiger partial charge in [-0.1, -0.05) is 6.07 Å². The number of carbonyl (C=O) groups is 1. The van der Waals surface area contributed by atoms with Gasteiger partial charge in [0.25, 0.3) is 5.91 Å². The number of amides is 1. The van der Waals surface area contributed by atoms with Crippen molar-refractivity contribution in [2.45, 2.75) is 61.7 Å². The minimum Gasteiger partial charge on any atom is -0.508 e. The number of carbonyl (C=O) groups excluding carboxylic acids is 1. The van der Waals surface area contributed by atoms with E-state index in [0.29, 0.717) is 23.9 Å². The molecule has 6 nitrogen and oxygen atoms in total. The number of phenols is 1. The average molecular weight is 475 g/mol. The molecule has 4 unspecified atom stereocenters. The molecule has 2 aromatic carbocycles. The number of ether oxygens (including phenoxy) is 2. The highest BCUT2D eigenvalue weighted by Gasteiger charge is 2.73. The lowest BCUT2D eigenvalue weighted by Crippen LogP contribution is -2.70. The summed E-state index contributed by atoms with van der Waals surface area (Å²) in [7, 11) is 1.74. The van der Waals surface area contributed by atoms with Crippen LogP contribution in [0, 0.1) is 11.8 Å². The number of fused-ring (bicyclic) bond motifs is 4. The molecule has 3 saturated heterocycles. The zero-order valence-corrected chi connectivity index (χ0v) is 20.3. The smallest absolute Gasteiger partial charge is 0.251 e. The number of nitrogens with one attached hydrogen (secondary N) is 1. The Balaban J connectivity index is 1.25. The number of likely N-dealkylation sites (tertiary alicyclic amines) is 1. The molecular weight excluding hydrogens is 440 g/mol. The predicted octanol–water partition coefficient (Wildman–Crippen LogP) is 3.87. The highest BCUT2D eigenvalue weighted by atomic mass is 16.5. The molecule has 1 saturated carbocycles. The second-order valence-corrected chi connectivity index (χ2v) is 11.4. The first-order valence-electron chi connectivity index (χ1n) is 13.2. The number of aromatic hydroxyl groups is 1. The van der Waals surface area contributed by atoms with Gasteiger partial charge in [0.15, 0.2) is 0 Å². The fourth-order valence-electron chi connectivity index (χ4n) is 8.04. The van der Waals surface area contributed by atoms with Crippen molar-refractivity contribution in [1.29, 1.82) is 0 Å². The van der Waals surface area contributed by atoms with Gasteiger partial charge in [0.1, 0.15) is 11.5 Å². The Kier molecular flexibility index (Phi) is 4.78. The molecule has 35 heavy (non-hydrogen) atoms. The summed E-state index contributed by atoms with van der Waals surface area (Å²) in [6.45, 7) is 2.84. The van der Waals surface area contributed by atoms with Gasteiger partial charge >= 0.3 is 0 Å². The Morgan fingerprint density at radius 1 is 1.17 bits per heavy atom. The number of hydrogen-bond acceptors (Lipinski definition) is 5. The van der Waals surface area contributed by atoms with E-state index in [9.17, 15) is 9.90 Å². The molecule has 5 atom stereocenters. The van der Waals surface area contributed by atoms with Crippen LogP contribution in [-0.2, 0) is 11.2 Å². The van der Waals surface area contributed by atoms with Gasteiger partial charge in [-0.3, -0.25) is 9.69 Å². The molecule has 3 heterocycles. The molecule has 2 aromatic rings. The number of hydrogen-bond donors (Lipinski definition) is 2. The lowest BCUT2D eigenvalue weighted by Gasteiger charge is -2.60. The summed E-state index contributed by atoms with van der Waals surface area (Å²) in [4.78, 5) is 15.8. The molecular formula is C29H34N2O4. The summed E-state index contributed by atoms with van der Waals surface area (Å²) in [6, 6.07) is 13.1. The average Bonchev–Trinajstić information content (AvgIpc) is 3.52. The van der Waals surface area contributed by atoms with Gasteiger partial charge in [-0.15, -0.1) is 0 Å². The van der Waals surface area contributed by atoms with E-state index in [-0.39, 0.29) is 28.9 Å². The highest BCUT2D eigenvalue weighted by Crippen LogP contribution is 2.66. The standard InChI is InChI=1S/C29H34N2O4/c1-34-22-9-6-20-15-29-25-10-12-28(35-25,17-30-27(33)19-4-7-21(32)8-5-19)26(29)23(24(20)14-22)11-13-31(29)16-18-2-3-18/h4-9,14,18,23,25-26,32H,2-3,10-13,15-17H2,1H3,(H,30,33)/t23?,25?,26?,28-,29?/m0/s1. The van der Waals surface area contributed by atoms with E-state index < -0.39 is 0 Å². The second-order valence-electron chi connectivity index (χ2n) is 11.4. The van der Waals surface area contributed by atoms with Crippen molar-refractivity contribution in [2.75, 3.05) is 26.7 Å². The van der Waals surface area contributed by atoms with Crippen LogP contribution in [0.4, 0.5) is 0 Å². The molecule has 2 aliphatic carbocycles. The van der Waals surface area contributed by atoms with Gasteiger partial charge < -0.3 is 19.9 Å². The quantitative estimate of drug-likeness (QED) is 0.665. The van der Waals surface area contributed by atoms with E-state index in [0.717, 1.165) is 43.9 Å². The van der Waals surface area contributed by atoms with Crippen LogP contribution in [0.2, 0.25) is 0 Å². The first kappa shape index (κ1) is 21.7. The minimum atomic E-state index is -0.342. The maximum Gasteiger partial charge on any atom is 0.251 e. The van der Waals surface area contributed by atoms with Gasteiger partial charge in [-0.2, -0.15) is 0 Å². The van der Waals surface area contributed by atoms with Crippen molar-refractivity contribution in [3.05, 3.63) is 59.2 Å². The first-order valence-corrected chi connectivity index (χ1v) is 13.2. The first-order chi connectivity index (χ1) is 17.0. The maximum atomic E-state index is 13.0. The van der Waals surface area contributed by atoms with E-state index in [1.54, 1.807) is 31.4 Å². The summed E-state index contributed by atoms with van der Waals surface area (Å²) in [6.07, 6.45) is 7.14. The van der Waals surface area contributed by atoms with Crippen LogP contribution >= 0.6 is 0 Å². The summed E-state index contributed by atoms with van der Waals surface area (Å²) in [5.74, 6) is 2.60. The van der Waals surface area contributed by atoms with Gasteiger partial charge in [0, 0.05) is 24.6 Å². The summed E-state index contributed by atoms with van der Waals surface area (Å²) in [5.41, 5.74) is 3.12. The number of phenolic OH excluding ortho intramolecular Hbond substituents is 1. The molecule has 0 aromatic heterocycles. The monoisotopic (exact) mass is 474 g/mol. The number of rotatable bonds is 6. The predicted molar refractivity (Wildman–Crippen MR) is 132 cm³/mol. The lowest BCUT2D eigenvalue weighted by molar-refractivity contribution is -0.0545. The molecule has 0 spiro atoms. The fourth-order valence-corrected chi connectivity index (χ4v) is 8.04. The molecule has 184 valence electrons. The van der Waals surface area contributed by atoms with Crippen LogP contribution in [0.25, 0.3) is 0 Å². The number of benzene rings is 2. The lowest BCUT2D eigenvalue weighted by atomic mass is 9.52. The maximum absolute atomic E-state index is 13.0. The Morgan fingerprint density at radius 3 is 2.77 bits per heavy atom. The molecule has 3 aliphatic heterocycles. The third kappa shape index (κ3) is 3.19. The van der Waals surface area contributed by atoms with Crippen molar-refractivity contribution >= 4 is 5.91 Å². The largest absolute Gasteiger partial charge is 0.508 e. The Bertz CT molecular complexity index is 1160. The molecule has 7 rings (SSSR count). The molecule has 4 fully saturated rings. The number of piperidine rings is 1. The van der Waals surface area contributed by atoms with E-state index in [1.165, 1.54) is 30.5 Å². The van der Waals surface area contributed by atoms with Crippen LogP contribution in [-0.4, -0.2) is 59.9 Å². The number of nitrogens with zero attached hydrogens (tertiary/aromatic N) is 1. The van der Waals surface area contributed by atoms with Crippen LogP contribution in [0.3, 0.4) is 0 Å². The Hall–Kier alpha value is -2.57. The van der Waals surface area contributed by atoms with Crippen LogP contribution in [0.15, 0.2) is 42.5 Å². The molecule has 1 amide bonds. The number of methoxy groups -OCH3 is 1. The molecule has 4 bridgehead atoms. The third-order valence-electron chi connectivity index (χ3n) is 9.65. The van der Waals surface area contributed by atoms with Crippen molar-refractivity contribution in [3.63, 3.8) is 0 Å². The van der Waals surface area contributed by atoms with Crippen molar-refractivity contribution in [3.8, 4) is 11.5 Å². The van der Waals surface area contributed by atoms with Crippen molar-refractivity contribution in [2.24, 2.45) is 11.8 Å². The summed E-state index contributed by atoms with van der Waals surface area (Å²) < 4.78 is 12.6. The molecule has 0 radical (unpaired) electrons. The zero-order chi connectivity index (χ0) is 23.8. The molecule has 5 aliphatic rings. The van der Waals surface area contributed by atoms with E-state index in [1.807, 2.05) is 0 Å². The van der Waals surface area contributed by atoms with Crippen LogP contribution < -0.4 is 10.1 Å². The van der Waals surface area contributed by atoms with Gasteiger partial charge in [0.2, 0.25) is 0 Å². The van der Waals surface area contributed by atoms with Gasteiger partial charge in [-0.25, -0.2) is 0 Å².